The lowest BCUT2D eigenvalue weighted by Crippen LogP contribution is -2.55. The maximum absolute atomic E-state index is 14.1. The number of guanidine groups is 2. The first-order chi connectivity index (χ1) is 27.5. The van der Waals surface area contributed by atoms with Crippen molar-refractivity contribution in [2.75, 3.05) is 13.1 Å². The highest BCUT2D eigenvalue weighted by Gasteiger charge is 2.48. The predicted octanol–water partition coefficient (Wildman–Crippen LogP) is 2.08. The molecule has 0 heterocycles. The zero-order chi connectivity index (χ0) is 40.9. The molecule has 2 saturated carbocycles. The molecule has 2 aliphatic rings. The van der Waals surface area contributed by atoms with E-state index in [1.54, 1.807) is 0 Å². The van der Waals surface area contributed by atoms with Crippen LogP contribution in [-0.2, 0) is 41.6 Å². The van der Waals surface area contributed by atoms with Gasteiger partial charge in [0, 0.05) is 26.2 Å². The van der Waals surface area contributed by atoms with E-state index in [4.69, 9.17) is 32.2 Å². The van der Waals surface area contributed by atoms with E-state index >= 15 is 0 Å². The predicted molar refractivity (Wildman–Crippen MR) is 219 cm³/mol. The minimum absolute atomic E-state index is 0.0635. The van der Waals surface area contributed by atoms with Crippen LogP contribution in [0.2, 0.25) is 0 Å². The molecular weight excluding hydrogens is 727 g/mol. The third kappa shape index (κ3) is 14.1. The number of carbonyl (C=O) groups excluding carboxylic acids is 4. The van der Waals surface area contributed by atoms with Crippen molar-refractivity contribution in [3.8, 4) is 0 Å². The quantitative estimate of drug-likeness (QED) is 0.0215. The molecule has 2 unspecified atom stereocenters. The van der Waals surface area contributed by atoms with Crippen LogP contribution in [0.3, 0.4) is 0 Å². The Balaban J connectivity index is 1.46. The van der Waals surface area contributed by atoms with Crippen LogP contribution in [0.15, 0.2) is 70.6 Å². The highest BCUT2D eigenvalue weighted by molar-refractivity contribution is 6.18. The van der Waals surface area contributed by atoms with Crippen LogP contribution < -0.4 is 44.2 Å². The standard InChI is InChI=1S/C40H60BN10O6/c42-37(43)46-25-13-19-31(50-35(54)39(21-9-3-10-22-39)33(52)48-27-29-15-5-1-6-16-29)56-41-57-32(20-14-26-47-38(44)45)51-36(55)40(23-11-4-12-24-40)34(53)49-28-30-17-7-2-8-18-30/h1-2,5-8,15-18,31-32H,3-4,9-14,19-28H2,(H,48,52)(H,49,53)(H,50,54)(H,51,55)(H4,42,43,46)(H4,44,45,47). The summed E-state index contributed by atoms with van der Waals surface area (Å²) in [6, 6.07) is 19.0. The van der Waals surface area contributed by atoms with E-state index in [0.717, 1.165) is 57.3 Å². The molecule has 4 amide bonds. The number of benzene rings is 2. The largest absolute Gasteiger partial charge is 0.491 e. The maximum Gasteiger partial charge on any atom is 0.491 e. The van der Waals surface area contributed by atoms with Crippen molar-refractivity contribution >= 4 is 43.2 Å². The third-order valence-corrected chi connectivity index (χ3v) is 10.6. The number of aliphatic imine (C=N–C) groups is 2. The first-order valence-electron chi connectivity index (χ1n) is 20.0. The minimum atomic E-state index is -1.29. The molecule has 4 rings (SSSR count). The molecule has 12 N–H and O–H groups in total. The van der Waals surface area contributed by atoms with Crippen molar-refractivity contribution < 1.29 is 28.5 Å². The van der Waals surface area contributed by atoms with E-state index in [9.17, 15) is 19.2 Å². The van der Waals surface area contributed by atoms with Crippen molar-refractivity contribution in [3.05, 3.63) is 71.8 Å². The minimum Gasteiger partial charge on any atom is -0.393 e. The molecule has 16 nitrogen and oxygen atoms in total. The summed E-state index contributed by atoms with van der Waals surface area (Å²) in [5, 5.41) is 11.8. The van der Waals surface area contributed by atoms with Gasteiger partial charge < -0.3 is 53.5 Å². The lowest BCUT2D eigenvalue weighted by Gasteiger charge is -2.36. The first-order valence-corrected chi connectivity index (χ1v) is 20.0. The smallest absolute Gasteiger partial charge is 0.393 e. The number of hydrogen-bond acceptors (Lipinski definition) is 8. The van der Waals surface area contributed by atoms with E-state index in [1.807, 2.05) is 60.7 Å². The Morgan fingerprint density at radius 3 is 1.30 bits per heavy atom. The highest BCUT2D eigenvalue weighted by atomic mass is 16.6. The average molecular weight is 788 g/mol. The summed E-state index contributed by atoms with van der Waals surface area (Å²) >= 11 is 0. The zero-order valence-electron chi connectivity index (χ0n) is 32.9. The lowest BCUT2D eigenvalue weighted by molar-refractivity contribution is -0.148. The van der Waals surface area contributed by atoms with Gasteiger partial charge in [-0.25, -0.2) is 0 Å². The Morgan fingerprint density at radius 2 is 0.947 bits per heavy atom. The van der Waals surface area contributed by atoms with E-state index in [-0.39, 0.29) is 49.7 Å². The first kappa shape index (κ1) is 44.6. The summed E-state index contributed by atoms with van der Waals surface area (Å²) < 4.78 is 12.0. The summed E-state index contributed by atoms with van der Waals surface area (Å²) in [7, 11) is 1.07. The molecule has 0 spiro atoms. The molecule has 0 aliphatic heterocycles. The molecule has 0 aromatic heterocycles. The fourth-order valence-electron chi connectivity index (χ4n) is 7.37. The van der Waals surface area contributed by atoms with E-state index in [0.29, 0.717) is 51.6 Å². The normalized spacial score (nSPS) is 16.8. The maximum atomic E-state index is 14.1. The molecule has 2 fully saturated rings. The van der Waals surface area contributed by atoms with Gasteiger partial charge in [-0.2, -0.15) is 0 Å². The van der Waals surface area contributed by atoms with Gasteiger partial charge in [-0.1, -0.05) is 99.2 Å². The van der Waals surface area contributed by atoms with Gasteiger partial charge in [-0.05, 0) is 62.5 Å². The van der Waals surface area contributed by atoms with Gasteiger partial charge in [-0.3, -0.25) is 29.2 Å². The van der Waals surface area contributed by atoms with E-state index in [2.05, 4.69) is 31.3 Å². The van der Waals surface area contributed by atoms with Crippen LogP contribution in [0.1, 0.15) is 101 Å². The molecule has 17 heteroatoms. The Kier molecular flexibility index (Phi) is 18.1. The second kappa shape index (κ2) is 23.2. The summed E-state index contributed by atoms with van der Waals surface area (Å²) in [6.45, 7) is 1.14. The fraction of sp³-hybridized carbons (Fsp3) is 0.550. The molecule has 2 atom stereocenters. The fourth-order valence-corrected chi connectivity index (χ4v) is 7.37. The molecule has 1 radical (unpaired) electrons. The molecule has 2 aliphatic carbocycles. The molecular formula is C40H60BN10O6. The summed E-state index contributed by atoms with van der Waals surface area (Å²) in [4.78, 5) is 63.8. The lowest BCUT2D eigenvalue weighted by atomic mass is 9.72. The monoisotopic (exact) mass is 787 g/mol. The van der Waals surface area contributed by atoms with Crippen LogP contribution >= 0.6 is 0 Å². The van der Waals surface area contributed by atoms with E-state index < -0.39 is 35.1 Å². The topological polar surface area (TPSA) is 264 Å². The summed E-state index contributed by atoms with van der Waals surface area (Å²) in [5.41, 5.74) is 21.4. The van der Waals surface area contributed by atoms with Crippen molar-refractivity contribution in [1.82, 2.24) is 21.3 Å². The SMILES string of the molecule is NC(N)=NCCCC(NC(=O)C1(C(=O)NCc2ccccc2)CCCCC1)O[B]OC(CCCN=C(N)N)NC(=O)C1(C(=O)NCc2ccccc2)CCCCC1. The van der Waals surface area contributed by atoms with Crippen LogP contribution in [-0.4, -0.2) is 68.8 Å². The Bertz CT molecular complexity index is 1510. The van der Waals surface area contributed by atoms with E-state index in [1.165, 1.54) is 0 Å². The van der Waals surface area contributed by atoms with Gasteiger partial charge in [0.2, 0.25) is 23.6 Å². The number of nitrogens with one attached hydrogen (secondary N) is 4. The molecule has 309 valence electrons. The number of carbonyl (C=O) groups is 4. The van der Waals surface area contributed by atoms with Gasteiger partial charge in [0.1, 0.15) is 23.3 Å². The van der Waals surface area contributed by atoms with Gasteiger partial charge in [0.05, 0.1) is 0 Å². The van der Waals surface area contributed by atoms with Crippen molar-refractivity contribution in [3.63, 3.8) is 0 Å². The Morgan fingerprint density at radius 1 is 0.579 bits per heavy atom. The number of nitrogens with two attached hydrogens (primary N) is 4. The number of hydrogen-bond donors (Lipinski definition) is 8. The number of rotatable bonds is 22. The average Bonchev–Trinajstić information content (AvgIpc) is 3.22. The number of amides is 4. The van der Waals surface area contributed by atoms with Gasteiger partial charge in [0.15, 0.2) is 11.9 Å². The summed E-state index contributed by atoms with van der Waals surface area (Å²) in [6.07, 6.45) is 5.88. The molecule has 2 aromatic rings. The van der Waals surface area contributed by atoms with Crippen LogP contribution in [0.4, 0.5) is 0 Å². The molecule has 0 bridgehead atoms. The van der Waals surface area contributed by atoms with Gasteiger partial charge in [0.25, 0.3) is 0 Å². The van der Waals surface area contributed by atoms with Crippen molar-refractivity contribution in [1.29, 1.82) is 0 Å². The number of nitrogens with zero attached hydrogens (tertiary/aromatic N) is 2. The molecule has 0 saturated heterocycles. The second-order valence-corrected chi connectivity index (χ2v) is 14.8. The third-order valence-electron chi connectivity index (χ3n) is 10.6. The summed E-state index contributed by atoms with van der Waals surface area (Å²) in [5.74, 6) is -1.70. The Hall–Kier alpha value is -5.16. The van der Waals surface area contributed by atoms with Gasteiger partial charge in [-0.15, -0.1) is 0 Å². The Labute approximate surface area is 336 Å². The molecule has 57 heavy (non-hydrogen) atoms. The van der Waals surface area contributed by atoms with Gasteiger partial charge >= 0.3 is 7.69 Å². The van der Waals surface area contributed by atoms with Crippen LogP contribution in [0, 0.1) is 10.8 Å². The van der Waals surface area contributed by atoms with Crippen molar-refractivity contribution in [2.45, 2.75) is 115 Å². The molecule has 2 aromatic carbocycles. The second-order valence-electron chi connectivity index (χ2n) is 14.8. The van der Waals surface area contributed by atoms with Crippen LogP contribution in [0.5, 0.6) is 0 Å². The van der Waals surface area contributed by atoms with Crippen LogP contribution in [0.25, 0.3) is 0 Å². The zero-order valence-corrected chi connectivity index (χ0v) is 32.9. The van der Waals surface area contributed by atoms with Crippen molar-refractivity contribution in [2.24, 2.45) is 43.7 Å². The highest BCUT2D eigenvalue weighted by Crippen LogP contribution is 2.38.